The van der Waals surface area contributed by atoms with Crippen LogP contribution in [0.3, 0.4) is 0 Å². The molecule has 4 rings (SSSR count). The molecule has 0 saturated heterocycles. The number of halogens is 1. The van der Waals surface area contributed by atoms with Gasteiger partial charge in [0.1, 0.15) is 11.6 Å². The SMILES string of the molecule is COc1ccc(-n2c(C(Cc3ccccc3)NC(=O)c3ccc(F)cc3)n[nH]c2=S)cc1. The topological polar surface area (TPSA) is 71.9 Å². The number of methoxy groups -OCH3 is 1. The number of H-pyrrole nitrogens is 1. The first-order valence-electron chi connectivity index (χ1n) is 9.97. The van der Waals surface area contributed by atoms with E-state index >= 15 is 0 Å². The Morgan fingerprint density at radius 2 is 1.78 bits per heavy atom. The molecule has 0 aliphatic heterocycles. The Kier molecular flexibility index (Phi) is 6.42. The first kappa shape index (κ1) is 21.5. The Hall–Kier alpha value is -3.78. The minimum absolute atomic E-state index is 0.332. The van der Waals surface area contributed by atoms with Crippen LogP contribution in [0.2, 0.25) is 0 Å². The summed E-state index contributed by atoms with van der Waals surface area (Å²) in [6.07, 6.45) is 0.490. The molecule has 1 heterocycles. The van der Waals surface area contributed by atoms with E-state index in [4.69, 9.17) is 17.0 Å². The molecule has 4 aromatic rings. The largest absolute Gasteiger partial charge is 0.497 e. The van der Waals surface area contributed by atoms with Gasteiger partial charge in [0.25, 0.3) is 5.91 Å². The normalized spacial score (nSPS) is 11.7. The van der Waals surface area contributed by atoms with Crippen molar-refractivity contribution < 1.29 is 13.9 Å². The van der Waals surface area contributed by atoms with Crippen LogP contribution >= 0.6 is 12.2 Å². The summed E-state index contributed by atoms with van der Waals surface area (Å²) >= 11 is 5.48. The van der Waals surface area contributed by atoms with E-state index in [1.165, 1.54) is 24.3 Å². The molecular formula is C24H21FN4O2S. The number of rotatable bonds is 7. The van der Waals surface area contributed by atoms with Crippen molar-refractivity contribution in [2.24, 2.45) is 0 Å². The van der Waals surface area contributed by atoms with Crippen LogP contribution in [0, 0.1) is 10.6 Å². The second-order valence-corrected chi connectivity index (χ2v) is 7.53. The van der Waals surface area contributed by atoms with Crippen molar-refractivity contribution in [1.82, 2.24) is 20.1 Å². The molecule has 8 heteroatoms. The molecule has 1 aromatic heterocycles. The van der Waals surface area contributed by atoms with Gasteiger partial charge in [-0.15, -0.1) is 0 Å². The van der Waals surface area contributed by atoms with Crippen molar-refractivity contribution in [3.05, 3.63) is 106 Å². The van der Waals surface area contributed by atoms with Gasteiger partial charge in [0, 0.05) is 11.3 Å². The van der Waals surface area contributed by atoms with Gasteiger partial charge in [0.2, 0.25) is 0 Å². The molecule has 0 fully saturated rings. The van der Waals surface area contributed by atoms with Crippen molar-refractivity contribution in [3.63, 3.8) is 0 Å². The summed E-state index contributed by atoms with van der Waals surface area (Å²) in [4.78, 5) is 12.9. The Morgan fingerprint density at radius 1 is 1.09 bits per heavy atom. The summed E-state index contributed by atoms with van der Waals surface area (Å²) in [5, 5.41) is 10.3. The van der Waals surface area contributed by atoms with Gasteiger partial charge >= 0.3 is 0 Å². The zero-order valence-corrected chi connectivity index (χ0v) is 18.1. The molecule has 2 N–H and O–H groups in total. The Labute approximate surface area is 189 Å². The molecular weight excluding hydrogens is 427 g/mol. The number of hydrogen-bond donors (Lipinski definition) is 2. The minimum atomic E-state index is -0.495. The Bertz CT molecular complexity index is 1250. The number of carbonyl (C=O) groups is 1. The maximum absolute atomic E-state index is 13.3. The van der Waals surface area contributed by atoms with Gasteiger partial charge in [-0.3, -0.25) is 14.5 Å². The molecule has 162 valence electrons. The van der Waals surface area contributed by atoms with Gasteiger partial charge in [0.15, 0.2) is 10.6 Å². The highest BCUT2D eigenvalue weighted by atomic mass is 32.1. The summed E-state index contributed by atoms with van der Waals surface area (Å²) in [6.45, 7) is 0. The molecule has 0 aliphatic rings. The lowest BCUT2D eigenvalue weighted by Crippen LogP contribution is -2.32. The lowest BCUT2D eigenvalue weighted by atomic mass is 10.0. The molecule has 0 spiro atoms. The van der Waals surface area contributed by atoms with Crippen LogP contribution in [-0.4, -0.2) is 27.8 Å². The van der Waals surface area contributed by atoms with Crippen molar-refractivity contribution in [2.75, 3.05) is 7.11 Å². The number of benzene rings is 3. The van der Waals surface area contributed by atoms with Crippen LogP contribution in [-0.2, 0) is 6.42 Å². The van der Waals surface area contributed by atoms with Crippen molar-refractivity contribution in [3.8, 4) is 11.4 Å². The zero-order valence-electron chi connectivity index (χ0n) is 17.3. The maximum atomic E-state index is 13.3. The van der Waals surface area contributed by atoms with Crippen LogP contribution in [0.15, 0.2) is 78.9 Å². The predicted molar refractivity (Wildman–Crippen MR) is 122 cm³/mol. The van der Waals surface area contributed by atoms with Crippen LogP contribution in [0.25, 0.3) is 5.69 Å². The van der Waals surface area contributed by atoms with Gasteiger partial charge < -0.3 is 10.1 Å². The Morgan fingerprint density at radius 3 is 2.44 bits per heavy atom. The van der Waals surface area contributed by atoms with Gasteiger partial charge in [0.05, 0.1) is 13.2 Å². The van der Waals surface area contributed by atoms with Crippen molar-refractivity contribution in [1.29, 1.82) is 0 Å². The highest BCUT2D eigenvalue weighted by Gasteiger charge is 2.23. The predicted octanol–water partition coefficient (Wildman–Crippen LogP) is 4.79. The number of aromatic nitrogens is 3. The molecule has 0 saturated carbocycles. The summed E-state index contributed by atoms with van der Waals surface area (Å²) in [6, 6.07) is 22.1. The number of ether oxygens (including phenoxy) is 1. The fraction of sp³-hybridized carbons (Fsp3) is 0.125. The standard InChI is InChI=1S/C24H21FN4O2S/c1-31-20-13-11-19(12-14-20)29-22(27-28-24(29)32)21(15-16-5-3-2-4-6-16)26-23(30)17-7-9-18(25)10-8-17/h2-14,21H,15H2,1H3,(H,26,30)(H,28,32). The third-order valence-electron chi connectivity index (χ3n) is 5.03. The highest BCUT2D eigenvalue weighted by molar-refractivity contribution is 7.71. The lowest BCUT2D eigenvalue weighted by molar-refractivity contribution is 0.0934. The van der Waals surface area contributed by atoms with E-state index < -0.39 is 11.9 Å². The number of nitrogens with zero attached hydrogens (tertiary/aromatic N) is 2. The summed E-state index contributed by atoms with van der Waals surface area (Å²) in [5.74, 6) is 0.541. The quantitative estimate of drug-likeness (QED) is 0.399. The van der Waals surface area contributed by atoms with E-state index in [1.807, 2.05) is 54.6 Å². The van der Waals surface area contributed by atoms with E-state index in [2.05, 4.69) is 15.5 Å². The fourth-order valence-corrected chi connectivity index (χ4v) is 3.67. The van der Waals surface area contributed by atoms with E-state index in [0.29, 0.717) is 22.6 Å². The summed E-state index contributed by atoms with van der Waals surface area (Å²) in [5.41, 5.74) is 2.16. The molecule has 1 unspecified atom stereocenters. The fourth-order valence-electron chi connectivity index (χ4n) is 3.42. The average molecular weight is 449 g/mol. The van der Waals surface area contributed by atoms with Gasteiger partial charge in [-0.05, 0) is 72.7 Å². The number of hydrogen-bond acceptors (Lipinski definition) is 4. The third kappa shape index (κ3) is 4.76. The van der Waals surface area contributed by atoms with E-state index in [1.54, 1.807) is 11.7 Å². The third-order valence-corrected chi connectivity index (χ3v) is 5.31. The van der Waals surface area contributed by atoms with Crippen molar-refractivity contribution in [2.45, 2.75) is 12.5 Å². The molecule has 0 aliphatic carbocycles. The van der Waals surface area contributed by atoms with E-state index in [0.717, 1.165) is 17.0 Å². The van der Waals surface area contributed by atoms with Crippen LogP contribution in [0.5, 0.6) is 5.75 Å². The maximum Gasteiger partial charge on any atom is 0.251 e. The molecule has 3 aromatic carbocycles. The first-order valence-corrected chi connectivity index (χ1v) is 10.4. The summed E-state index contributed by atoms with van der Waals surface area (Å²) in [7, 11) is 1.60. The lowest BCUT2D eigenvalue weighted by Gasteiger charge is -2.20. The monoisotopic (exact) mass is 448 g/mol. The van der Waals surface area contributed by atoms with E-state index in [9.17, 15) is 9.18 Å². The minimum Gasteiger partial charge on any atom is -0.497 e. The van der Waals surface area contributed by atoms with Gasteiger partial charge in [-0.2, -0.15) is 5.10 Å². The second kappa shape index (κ2) is 9.57. The van der Waals surface area contributed by atoms with Crippen LogP contribution < -0.4 is 10.1 Å². The van der Waals surface area contributed by atoms with Crippen molar-refractivity contribution >= 4 is 18.1 Å². The molecule has 6 nitrogen and oxygen atoms in total. The first-order chi connectivity index (χ1) is 15.5. The number of aromatic amines is 1. The second-order valence-electron chi connectivity index (χ2n) is 7.14. The number of carbonyl (C=O) groups excluding carboxylic acids is 1. The van der Waals surface area contributed by atoms with E-state index in [-0.39, 0.29) is 5.91 Å². The summed E-state index contributed by atoms with van der Waals surface area (Å²) < 4.78 is 20.7. The molecule has 1 atom stereocenters. The number of amides is 1. The zero-order chi connectivity index (χ0) is 22.5. The highest BCUT2D eigenvalue weighted by Crippen LogP contribution is 2.23. The molecule has 1 amide bonds. The van der Waals surface area contributed by atoms with Gasteiger partial charge in [-0.1, -0.05) is 30.3 Å². The van der Waals surface area contributed by atoms with Gasteiger partial charge in [-0.25, -0.2) is 4.39 Å². The smallest absolute Gasteiger partial charge is 0.251 e. The van der Waals surface area contributed by atoms with Crippen LogP contribution in [0.4, 0.5) is 4.39 Å². The molecule has 32 heavy (non-hydrogen) atoms. The average Bonchev–Trinajstić information content (AvgIpc) is 3.21. The molecule has 0 radical (unpaired) electrons. The Balaban J connectivity index is 1.72. The van der Waals surface area contributed by atoms with Crippen LogP contribution in [0.1, 0.15) is 27.8 Å². The molecule has 0 bridgehead atoms. The number of nitrogens with one attached hydrogen (secondary N) is 2.